The molecular formula is C11H15N3O. The fraction of sp³-hybridized carbons (Fsp3) is 0.364. The molecule has 80 valence electrons. The van der Waals surface area contributed by atoms with Crippen LogP contribution in [0.4, 0.5) is 0 Å². The SMILES string of the molecule is Cc1ncc(CN[C@@H](C)c2ccco2)[nH]1. The molecule has 2 N–H and O–H groups in total. The monoisotopic (exact) mass is 205 g/mol. The highest BCUT2D eigenvalue weighted by Gasteiger charge is 2.07. The van der Waals surface area contributed by atoms with Crippen LogP contribution in [0.2, 0.25) is 0 Å². The van der Waals surface area contributed by atoms with Gasteiger partial charge in [0.15, 0.2) is 0 Å². The number of hydrogen-bond acceptors (Lipinski definition) is 3. The van der Waals surface area contributed by atoms with Gasteiger partial charge in [-0.25, -0.2) is 4.98 Å². The minimum absolute atomic E-state index is 0.212. The van der Waals surface area contributed by atoms with Gasteiger partial charge in [0.25, 0.3) is 0 Å². The Morgan fingerprint density at radius 3 is 3.07 bits per heavy atom. The molecule has 0 aliphatic heterocycles. The van der Waals surface area contributed by atoms with E-state index in [1.165, 1.54) is 0 Å². The maximum atomic E-state index is 5.30. The number of H-pyrrole nitrogens is 1. The lowest BCUT2D eigenvalue weighted by molar-refractivity contribution is 0.429. The van der Waals surface area contributed by atoms with Crippen molar-refractivity contribution in [3.63, 3.8) is 0 Å². The van der Waals surface area contributed by atoms with Gasteiger partial charge in [-0.05, 0) is 26.0 Å². The first kappa shape index (κ1) is 9.98. The first-order valence-electron chi connectivity index (χ1n) is 5.03. The molecule has 0 radical (unpaired) electrons. The van der Waals surface area contributed by atoms with E-state index in [4.69, 9.17) is 4.42 Å². The highest BCUT2D eigenvalue weighted by Crippen LogP contribution is 2.12. The number of imidazole rings is 1. The van der Waals surface area contributed by atoms with E-state index in [9.17, 15) is 0 Å². The van der Waals surface area contributed by atoms with E-state index in [1.807, 2.05) is 25.3 Å². The van der Waals surface area contributed by atoms with Crippen LogP contribution in [-0.2, 0) is 6.54 Å². The molecule has 2 rings (SSSR count). The molecule has 0 aromatic carbocycles. The minimum atomic E-state index is 0.212. The number of nitrogens with one attached hydrogen (secondary N) is 2. The molecule has 4 nitrogen and oxygen atoms in total. The van der Waals surface area contributed by atoms with Crippen LogP contribution in [0.15, 0.2) is 29.0 Å². The van der Waals surface area contributed by atoms with Crippen LogP contribution in [-0.4, -0.2) is 9.97 Å². The normalized spacial score (nSPS) is 12.9. The molecule has 2 heterocycles. The van der Waals surface area contributed by atoms with Crippen LogP contribution in [0.3, 0.4) is 0 Å². The Hall–Kier alpha value is -1.55. The average Bonchev–Trinajstić information content (AvgIpc) is 2.84. The number of aryl methyl sites for hydroxylation is 1. The Kier molecular flexibility index (Phi) is 2.87. The van der Waals surface area contributed by atoms with Crippen molar-refractivity contribution >= 4 is 0 Å². The third kappa shape index (κ3) is 2.47. The Morgan fingerprint density at radius 2 is 2.47 bits per heavy atom. The molecule has 15 heavy (non-hydrogen) atoms. The minimum Gasteiger partial charge on any atom is -0.468 e. The van der Waals surface area contributed by atoms with Gasteiger partial charge in [-0.2, -0.15) is 0 Å². The molecule has 0 fully saturated rings. The van der Waals surface area contributed by atoms with E-state index in [2.05, 4.69) is 22.2 Å². The summed E-state index contributed by atoms with van der Waals surface area (Å²) < 4.78 is 5.30. The second-order valence-corrected chi connectivity index (χ2v) is 3.61. The number of aromatic nitrogens is 2. The van der Waals surface area contributed by atoms with E-state index in [-0.39, 0.29) is 6.04 Å². The molecule has 2 aromatic rings. The molecule has 0 bridgehead atoms. The maximum absolute atomic E-state index is 5.30. The topological polar surface area (TPSA) is 53.9 Å². The number of hydrogen-bond donors (Lipinski definition) is 2. The van der Waals surface area contributed by atoms with Crippen LogP contribution in [0.5, 0.6) is 0 Å². The molecule has 0 saturated carbocycles. The molecule has 2 aromatic heterocycles. The van der Waals surface area contributed by atoms with Crippen molar-refractivity contribution in [3.05, 3.63) is 41.9 Å². The van der Waals surface area contributed by atoms with E-state index < -0.39 is 0 Å². The Labute approximate surface area is 88.7 Å². The van der Waals surface area contributed by atoms with E-state index >= 15 is 0 Å². The largest absolute Gasteiger partial charge is 0.468 e. The maximum Gasteiger partial charge on any atom is 0.120 e. The predicted molar refractivity (Wildman–Crippen MR) is 57.3 cm³/mol. The highest BCUT2D eigenvalue weighted by molar-refractivity contribution is 5.05. The van der Waals surface area contributed by atoms with Crippen molar-refractivity contribution in [2.24, 2.45) is 0 Å². The van der Waals surface area contributed by atoms with Gasteiger partial charge in [-0.15, -0.1) is 0 Å². The molecular weight excluding hydrogens is 190 g/mol. The van der Waals surface area contributed by atoms with Crippen molar-refractivity contribution in [1.82, 2.24) is 15.3 Å². The summed E-state index contributed by atoms with van der Waals surface area (Å²) in [6, 6.07) is 4.08. The van der Waals surface area contributed by atoms with Crippen LogP contribution in [0, 0.1) is 6.92 Å². The van der Waals surface area contributed by atoms with Crippen LogP contribution >= 0.6 is 0 Å². The summed E-state index contributed by atoms with van der Waals surface area (Å²) in [5, 5.41) is 3.35. The van der Waals surface area contributed by atoms with E-state index in [0.717, 1.165) is 23.8 Å². The quantitative estimate of drug-likeness (QED) is 0.804. The average molecular weight is 205 g/mol. The van der Waals surface area contributed by atoms with Gasteiger partial charge in [0.2, 0.25) is 0 Å². The van der Waals surface area contributed by atoms with Gasteiger partial charge in [-0.3, -0.25) is 0 Å². The van der Waals surface area contributed by atoms with Gasteiger partial charge in [0.05, 0.1) is 12.3 Å². The third-order valence-electron chi connectivity index (χ3n) is 2.32. The van der Waals surface area contributed by atoms with Gasteiger partial charge >= 0.3 is 0 Å². The first-order valence-corrected chi connectivity index (χ1v) is 5.03. The smallest absolute Gasteiger partial charge is 0.120 e. The number of furan rings is 1. The third-order valence-corrected chi connectivity index (χ3v) is 2.32. The molecule has 0 spiro atoms. The Balaban J connectivity index is 1.88. The lowest BCUT2D eigenvalue weighted by Gasteiger charge is -2.09. The Morgan fingerprint density at radius 1 is 1.60 bits per heavy atom. The zero-order valence-corrected chi connectivity index (χ0v) is 8.95. The van der Waals surface area contributed by atoms with Crippen molar-refractivity contribution in [3.8, 4) is 0 Å². The molecule has 0 unspecified atom stereocenters. The van der Waals surface area contributed by atoms with Crippen molar-refractivity contribution in [1.29, 1.82) is 0 Å². The van der Waals surface area contributed by atoms with Crippen LogP contribution in [0.25, 0.3) is 0 Å². The van der Waals surface area contributed by atoms with Crippen molar-refractivity contribution < 1.29 is 4.42 Å². The summed E-state index contributed by atoms with van der Waals surface area (Å²) >= 11 is 0. The second-order valence-electron chi connectivity index (χ2n) is 3.61. The number of rotatable bonds is 4. The van der Waals surface area contributed by atoms with Gasteiger partial charge in [-0.1, -0.05) is 0 Å². The predicted octanol–water partition coefficient (Wildman–Crippen LogP) is 2.16. The summed E-state index contributed by atoms with van der Waals surface area (Å²) in [4.78, 5) is 7.31. The van der Waals surface area contributed by atoms with Crippen molar-refractivity contribution in [2.75, 3.05) is 0 Å². The number of aromatic amines is 1. The van der Waals surface area contributed by atoms with Crippen LogP contribution in [0.1, 0.15) is 30.2 Å². The van der Waals surface area contributed by atoms with Gasteiger partial charge in [0, 0.05) is 18.4 Å². The first-order chi connectivity index (χ1) is 7.25. The molecule has 0 aliphatic carbocycles. The molecule has 0 amide bonds. The molecule has 1 atom stereocenters. The summed E-state index contributed by atoms with van der Waals surface area (Å²) in [5.74, 6) is 1.89. The number of nitrogens with zero attached hydrogens (tertiary/aromatic N) is 1. The zero-order valence-electron chi connectivity index (χ0n) is 8.95. The molecule has 4 heteroatoms. The zero-order chi connectivity index (χ0) is 10.7. The fourth-order valence-electron chi connectivity index (χ4n) is 1.46. The molecule has 0 aliphatic rings. The standard InChI is InChI=1S/C11H15N3O/c1-8(11-4-3-5-15-11)12-6-10-7-13-9(2)14-10/h3-5,7-8,12H,6H2,1-2H3,(H,13,14)/t8-/m0/s1. The van der Waals surface area contributed by atoms with Gasteiger partial charge in [0.1, 0.15) is 11.6 Å². The van der Waals surface area contributed by atoms with Gasteiger partial charge < -0.3 is 14.7 Å². The lowest BCUT2D eigenvalue weighted by atomic mass is 10.2. The second kappa shape index (κ2) is 4.31. The van der Waals surface area contributed by atoms with Crippen LogP contribution < -0.4 is 5.32 Å². The summed E-state index contributed by atoms with van der Waals surface area (Å²) in [6.45, 7) is 4.78. The molecule has 0 saturated heterocycles. The Bertz CT molecular complexity index is 405. The fourth-order valence-corrected chi connectivity index (χ4v) is 1.46. The summed E-state index contributed by atoms with van der Waals surface area (Å²) in [7, 11) is 0. The van der Waals surface area contributed by atoms with Crippen molar-refractivity contribution in [2.45, 2.75) is 26.4 Å². The lowest BCUT2D eigenvalue weighted by Crippen LogP contribution is -2.17. The summed E-state index contributed by atoms with van der Waals surface area (Å²) in [5.41, 5.74) is 1.09. The summed E-state index contributed by atoms with van der Waals surface area (Å²) in [6.07, 6.45) is 3.53. The van der Waals surface area contributed by atoms with E-state index in [1.54, 1.807) is 6.26 Å². The van der Waals surface area contributed by atoms with E-state index in [0.29, 0.717) is 0 Å². The highest BCUT2D eigenvalue weighted by atomic mass is 16.3.